The molecule has 4 nitrogen and oxygen atoms in total. The molecule has 0 radical (unpaired) electrons. The number of hydrogen-bond donors (Lipinski definition) is 2. The average molecular weight is 194 g/mol. The van der Waals surface area contributed by atoms with Gasteiger partial charge in [-0.3, -0.25) is 9.78 Å². The van der Waals surface area contributed by atoms with Crippen LogP contribution in [0.15, 0.2) is 18.5 Å². The molecule has 1 aromatic heterocycles. The largest absolute Gasteiger partial charge is 0.481 e. The summed E-state index contributed by atoms with van der Waals surface area (Å²) >= 11 is 0. The van der Waals surface area contributed by atoms with E-state index >= 15 is 0 Å². The van der Waals surface area contributed by atoms with Gasteiger partial charge >= 0.3 is 5.97 Å². The van der Waals surface area contributed by atoms with Crippen molar-refractivity contribution in [1.29, 1.82) is 0 Å². The van der Waals surface area contributed by atoms with E-state index in [2.05, 4.69) is 4.98 Å². The number of aromatic nitrogens is 1. The number of carboxylic acids is 1. The van der Waals surface area contributed by atoms with Gasteiger partial charge < -0.3 is 10.8 Å². The van der Waals surface area contributed by atoms with Gasteiger partial charge in [-0.2, -0.15) is 0 Å². The number of pyridine rings is 1. The molecule has 0 amide bonds. The zero-order valence-corrected chi connectivity index (χ0v) is 8.10. The standard InChI is InChI=1S/C10H14N2O2/c1-7(5-10(13)14)4-8-6-12-3-2-9(8)11/h2-3,6-7H,4-5H2,1H3,(H2,11,12)(H,13,14). The van der Waals surface area contributed by atoms with E-state index < -0.39 is 5.97 Å². The minimum absolute atomic E-state index is 0.0824. The third kappa shape index (κ3) is 3.05. The molecule has 4 heteroatoms. The minimum atomic E-state index is -0.778. The molecule has 1 atom stereocenters. The van der Waals surface area contributed by atoms with Crippen LogP contribution in [0.3, 0.4) is 0 Å². The van der Waals surface area contributed by atoms with Gasteiger partial charge in [-0.1, -0.05) is 6.92 Å². The molecule has 0 aliphatic carbocycles. The first-order valence-corrected chi connectivity index (χ1v) is 4.49. The third-order valence-electron chi connectivity index (χ3n) is 2.03. The molecule has 0 aliphatic heterocycles. The number of nitrogens with two attached hydrogens (primary N) is 1. The van der Waals surface area contributed by atoms with Gasteiger partial charge in [-0.05, 0) is 24.0 Å². The van der Waals surface area contributed by atoms with Gasteiger partial charge in [0.25, 0.3) is 0 Å². The smallest absolute Gasteiger partial charge is 0.303 e. The van der Waals surface area contributed by atoms with Gasteiger partial charge in [0.05, 0.1) is 0 Å². The van der Waals surface area contributed by atoms with E-state index in [9.17, 15) is 4.79 Å². The summed E-state index contributed by atoms with van der Waals surface area (Å²) in [6.07, 6.45) is 4.13. The molecule has 0 saturated carbocycles. The molecule has 3 N–H and O–H groups in total. The predicted molar refractivity (Wildman–Crippen MR) is 53.8 cm³/mol. The normalized spacial score (nSPS) is 12.4. The number of anilines is 1. The Hall–Kier alpha value is -1.58. The van der Waals surface area contributed by atoms with Crippen molar-refractivity contribution in [1.82, 2.24) is 4.98 Å². The van der Waals surface area contributed by atoms with Crippen LogP contribution in [-0.4, -0.2) is 16.1 Å². The fraction of sp³-hybridized carbons (Fsp3) is 0.400. The summed E-state index contributed by atoms with van der Waals surface area (Å²) in [5.74, 6) is -0.695. The van der Waals surface area contributed by atoms with Crippen LogP contribution in [0.2, 0.25) is 0 Å². The highest BCUT2D eigenvalue weighted by atomic mass is 16.4. The van der Waals surface area contributed by atoms with Crippen LogP contribution in [0, 0.1) is 5.92 Å². The van der Waals surface area contributed by atoms with E-state index in [1.807, 2.05) is 6.92 Å². The molecule has 14 heavy (non-hydrogen) atoms. The fourth-order valence-electron chi connectivity index (χ4n) is 1.35. The lowest BCUT2D eigenvalue weighted by Gasteiger charge is -2.09. The van der Waals surface area contributed by atoms with Crippen LogP contribution >= 0.6 is 0 Å². The Kier molecular flexibility index (Phi) is 3.45. The van der Waals surface area contributed by atoms with E-state index in [4.69, 9.17) is 10.8 Å². The van der Waals surface area contributed by atoms with Crippen LogP contribution in [0.1, 0.15) is 18.9 Å². The SMILES string of the molecule is CC(CC(=O)O)Cc1cnccc1N. The van der Waals surface area contributed by atoms with Crippen molar-refractivity contribution in [2.24, 2.45) is 5.92 Å². The molecule has 1 heterocycles. The highest BCUT2D eigenvalue weighted by molar-refractivity contribution is 5.67. The number of nitrogens with zero attached hydrogens (tertiary/aromatic N) is 1. The van der Waals surface area contributed by atoms with Gasteiger partial charge in [0.1, 0.15) is 0 Å². The molecule has 0 bridgehead atoms. The lowest BCUT2D eigenvalue weighted by molar-refractivity contribution is -0.137. The Morgan fingerprint density at radius 2 is 2.43 bits per heavy atom. The van der Waals surface area contributed by atoms with Crippen molar-refractivity contribution >= 4 is 11.7 Å². The Morgan fingerprint density at radius 1 is 1.71 bits per heavy atom. The topological polar surface area (TPSA) is 76.2 Å². The lowest BCUT2D eigenvalue weighted by Crippen LogP contribution is -2.08. The van der Waals surface area contributed by atoms with Crippen LogP contribution < -0.4 is 5.73 Å². The lowest BCUT2D eigenvalue weighted by atomic mass is 9.98. The predicted octanol–water partition coefficient (Wildman–Crippen LogP) is 1.32. The van der Waals surface area contributed by atoms with Crippen LogP contribution in [-0.2, 0) is 11.2 Å². The summed E-state index contributed by atoms with van der Waals surface area (Å²) < 4.78 is 0. The number of aliphatic carboxylic acids is 1. The Balaban J connectivity index is 2.60. The number of hydrogen-bond acceptors (Lipinski definition) is 3. The van der Waals surface area contributed by atoms with Crippen molar-refractivity contribution < 1.29 is 9.90 Å². The van der Waals surface area contributed by atoms with E-state index in [0.717, 1.165) is 5.56 Å². The average Bonchev–Trinajstić information content (AvgIpc) is 2.07. The Bertz CT molecular complexity index is 326. The molecule has 0 spiro atoms. The molecule has 76 valence electrons. The molecule has 0 saturated heterocycles. The van der Waals surface area contributed by atoms with E-state index in [1.54, 1.807) is 18.5 Å². The molecule has 0 fully saturated rings. The molecule has 1 rings (SSSR count). The summed E-state index contributed by atoms with van der Waals surface area (Å²) in [5, 5.41) is 8.58. The molecule has 0 aromatic carbocycles. The minimum Gasteiger partial charge on any atom is -0.481 e. The first kappa shape index (κ1) is 10.5. The van der Waals surface area contributed by atoms with Gasteiger partial charge in [0, 0.05) is 24.5 Å². The van der Waals surface area contributed by atoms with Crippen molar-refractivity contribution in [2.75, 3.05) is 5.73 Å². The van der Waals surface area contributed by atoms with Gasteiger partial charge in [0.2, 0.25) is 0 Å². The second-order valence-corrected chi connectivity index (χ2v) is 3.48. The van der Waals surface area contributed by atoms with Crippen LogP contribution in [0.4, 0.5) is 5.69 Å². The van der Waals surface area contributed by atoms with Crippen LogP contribution in [0.25, 0.3) is 0 Å². The Morgan fingerprint density at radius 3 is 3.00 bits per heavy atom. The maximum absolute atomic E-state index is 10.4. The van der Waals surface area contributed by atoms with Crippen molar-refractivity contribution in [2.45, 2.75) is 19.8 Å². The molecule has 0 aliphatic rings. The number of rotatable bonds is 4. The highest BCUT2D eigenvalue weighted by Crippen LogP contribution is 2.16. The van der Waals surface area contributed by atoms with Crippen molar-refractivity contribution in [3.63, 3.8) is 0 Å². The second-order valence-electron chi connectivity index (χ2n) is 3.48. The van der Waals surface area contributed by atoms with Crippen molar-refractivity contribution in [3.05, 3.63) is 24.0 Å². The Labute approximate surface area is 82.8 Å². The third-order valence-corrected chi connectivity index (χ3v) is 2.03. The van der Waals surface area contributed by atoms with E-state index in [0.29, 0.717) is 12.1 Å². The molecular formula is C10H14N2O2. The highest BCUT2D eigenvalue weighted by Gasteiger charge is 2.09. The second kappa shape index (κ2) is 4.60. The first-order valence-electron chi connectivity index (χ1n) is 4.49. The zero-order valence-electron chi connectivity index (χ0n) is 8.10. The fourth-order valence-corrected chi connectivity index (χ4v) is 1.35. The van der Waals surface area contributed by atoms with E-state index in [1.165, 1.54) is 0 Å². The summed E-state index contributed by atoms with van der Waals surface area (Å²) in [4.78, 5) is 14.4. The maximum Gasteiger partial charge on any atom is 0.303 e. The van der Waals surface area contributed by atoms with Gasteiger partial charge in [0.15, 0.2) is 0 Å². The number of nitrogen functional groups attached to an aromatic ring is 1. The van der Waals surface area contributed by atoms with E-state index in [-0.39, 0.29) is 12.3 Å². The van der Waals surface area contributed by atoms with Gasteiger partial charge in [-0.15, -0.1) is 0 Å². The monoisotopic (exact) mass is 194 g/mol. The number of carboxylic acid groups (broad SMARTS) is 1. The molecular weight excluding hydrogens is 180 g/mol. The summed E-state index contributed by atoms with van der Waals surface area (Å²) in [6.45, 7) is 1.89. The van der Waals surface area contributed by atoms with Crippen LogP contribution in [0.5, 0.6) is 0 Å². The molecule has 1 unspecified atom stereocenters. The summed E-state index contributed by atoms with van der Waals surface area (Å²) in [7, 11) is 0. The quantitative estimate of drug-likeness (QED) is 0.757. The summed E-state index contributed by atoms with van der Waals surface area (Å²) in [6, 6.07) is 1.73. The van der Waals surface area contributed by atoms with Gasteiger partial charge in [-0.25, -0.2) is 0 Å². The zero-order chi connectivity index (χ0) is 10.6. The molecule has 1 aromatic rings. The number of carbonyl (C=O) groups is 1. The van der Waals surface area contributed by atoms with Crippen molar-refractivity contribution in [3.8, 4) is 0 Å². The first-order chi connectivity index (χ1) is 6.59. The summed E-state index contributed by atoms with van der Waals surface area (Å²) in [5.41, 5.74) is 7.31. The maximum atomic E-state index is 10.4.